The van der Waals surface area contributed by atoms with Gasteiger partial charge in [-0.25, -0.2) is 4.79 Å². The van der Waals surface area contributed by atoms with Gasteiger partial charge in [0.05, 0.1) is 12.6 Å². The molecule has 0 radical (unpaired) electrons. The molecule has 0 aliphatic carbocycles. The van der Waals surface area contributed by atoms with Gasteiger partial charge in [-0.05, 0) is 42.7 Å². The number of benzene rings is 2. The van der Waals surface area contributed by atoms with E-state index in [4.69, 9.17) is 15.2 Å². The standard InChI is InChI=1S/C24H26N4O5/c1-27(23(30)17-9-11-18(12-10-17)33-15-19-8-5-13-32-19)20-21(25)28(24(31)26-22(20)29)14-16-6-3-2-4-7-16/h2-4,6-7,9-12,19H,5,8,13-15,25H2,1H3,(H,26,29,31)/t19-/m1/s1. The number of aromatic amines is 1. The SMILES string of the molecule is CN(C(=O)c1ccc(OC[C@H]2CCCO2)cc1)c1c(N)n(Cc2ccccc2)c(=O)[nH]c1=O. The van der Waals surface area contributed by atoms with Gasteiger partial charge in [0.1, 0.15) is 18.2 Å². The van der Waals surface area contributed by atoms with Crippen LogP contribution in [0.3, 0.4) is 0 Å². The summed E-state index contributed by atoms with van der Waals surface area (Å²) in [4.78, 5) is 41.4. The summed E-state index contributed by atoms with van der Waals surface area (Å²) in [7, 11) is 1.45. The first-order valence-electron chi connectivity index (χ1n) is 10.7. The summed E-state index contributed by atoms with van der Waals surface area (Å²) in [5.74, 6) is 0.0984. The average Bonchev–Trinajstić information content (AvgIpc) is 3.34. The fraction of sp³-hybridized carbons (Fsp3) is 0.292. The van der Waals surface area contributed by atoms with Crippen LogP contribution in [-0.4, -0.2) is 41.8 Å². The van der Waals surface area contributed by atoms with E-state index in [0.717, 1.165) is 29.9 Å². The Bertz CT molecular complexity index is 1230. The number of carbonyl (C=O) groups is 1. The molecule has 4 rings (SSSR count). The molecule has 1 saturated heterocycles. The first-order chi connectivity index (χ1) is 15.9. The minimum atomic E-state index is -0.728. The van der Waals surface area contributed by atoms with Crippen molar-refractivity contribution in [3.63, 3.8) is 0 Å². The van der Waals surface area contributed by atoms with Gasteiger partial charge < -0.3 is 20.1 Å². The number of nitrogens with zero attached hydrogens (tertiary/aromatic N) is 2. The second kappa shape index (κ2) is 9.74. The molecule has 0 bridgehead atoms. The molecule has 9 nitrogen and oxygen atoms in total. The normalized spacial score (nSPS) is 15.4. The Morgan fingerprint density at radius 1 is 1.18 bits per heavy atom. The van der Waals surface area contributed by atoms with Gasteiger partial charge in [-0.15, -0.1) is 0 Å². The van der Waals surface area contributed by atoms with E-state index >= 15 is 0 Å². The summed E-state index contributed by atoms with van der Waals surface area (Å²) in [6.07, 6.45) is 2.11. The molecule has 1 fully saturated rings. The summed E-state index contributed by atoms with van der Waals surface area (Å²) in [5.41, 5.74) is 5.91. The van der Waals surface area contributed by atoms with Crippen LogP contribution < -0.4 is 26.6 Å². The summed E-state index contributed by atoms with van der Waals surface area (Å²) >= 11 is 0. The molecule has 2 aromatic carbocycles. The lowest BCUT2D eigenvalue weighted by atomic mass is 10.2. The van der Waals surface area contributed by atoms with Crippen LogP contribution >= 0.6 is 0 Å². The van der Waals surface area contributed by atoms with Crippen LogP contribution in [0.2, 0.25) is 0 Å². The third-order valence-corrected chi connectivity index (χ3v) is 5.60. The number of aromatic nitrogens is 2. The molecule has 1 aromatic heterocycles. The minimum absolute atomic E-state index is 0.0834. The number of nitrogens with one attached hydrogen (secondary N) is 1. The molecule has 1 amide bonds. The number of nitrogens with two attached hydrogens (primary N) is 1. The van der Waals surface area contributed by atoms with Crippen molar-refractivity contribution in [3.8, 4) is 5.75 Å². The maximum atomic E-state index is 13.1. The van der Waals surface area contributed by atoms with Crippen LogP contribution in [0.1, 0.15) is 28.8 Å². The smallest absolute Gasteiger partial charge is 0.330 e. The van der Waals surface area contributed by atoms with Crippen molar-refractivity contribution < 1.29 is 14.3 Å². The molecule has 0 spiro atoms. The van der Waals surface area contributed by atoms with Crippen LogP contribution in [0.25, 0.3) is 0 Å². The van der Waals surface area contributed by atoms with Crippen molar-refractivity contribution in [2.75, 3.05) is 30.9 Å². The Hall–Kier alpha value is -3.85. The van der Waals surface area contributed by atoms with E-state index in [-0.39, 0.29) is 24.2 Å². The highest BCUT2D eigenvalue weighted by atomic mass is 16.5. The molecule has 1 aliphatic heterocycles. The van der Waals surface area contributed by atoms with Crippen molar-refractivity contribution in [3.05, 3.63) is 86.6 Å². The van der Waals surface area contributed by atoms with Crippen molar-refractivity contribution >= 4 is 17.4 Å². The van der Waals surface area contributed by atoms with Crippen LogP contribution in [-0.2, 0) is 11.3 Å². The lowest BCUT2D eigenvalue weighted by Gasteiger charge is -2.20. The highest BCUT2D eigenvalue weighted by Crippen LogP contribution is 2.21. The first-order valence-corrected chi connectivity index (χ1v) is 10.7. The summed E-state index contributed by atoms with van der Waals surface area (Å²) in [5, 5.41) is 0. The number of anilines is 2. The topological polar surface area (TPSA) is 120 Å². The van der Waals surface area contributed by atoms with Gasteiger partial charge in [0.2, 0.25) is 0 Å². The minimum Gasteiger partial charge on any atom is -0.491 e. The molecule has 0 unspecified atom stereocenters. The van der Waals surface area contributed by atoms with Gasteiger partial charge in [-0.2, -0.15) is 0 Å². The number of amides is 1. The Morgan fingerprint density at radius 3 is 2.58 bits per heavy atom. The first kappa shape index (κ1) is 22.3. The van der Waals surface area contributed by atoms with Gasteiger partial charge in [-0.3, -0.25) is 19.1 Å². The maximum absolute atomic E-state index is 13.1. The quantitative estimate of drug-likeness (QED) is 0.568. The molecule has 3 N–H and O–H groups in total. The van der Waals surface area contributed by atoms with Gasteiger partial charge >= 0.3 is 5.69 Å². The molecule has 1 atom stereocenters. The van der Waals surface area contributed by atoms with E-state index in [2.05, 4.69) is 4.98 Å². The Balaban J connectivity index is 1.53. The van der Waals surface area contributed by atoms with Crippen molar-refractivity contribution in [1.82, 2.24) is 9.55 Å². The fourth-order valence-electron chi connectivity index (χ4n) is 3.78. The van der Waals surface area contributed by atoms with E-state index in [9.17, 15) is 14.4 Å². The van der Waals surface area contributed by atoms with Crippen LogP contribution in [0.5, 0.6) is 5.75 Å². The van der Waals surface area contributed by atoms with Gasteiger partial charge in [-0.1, -0.05) is 30.3 Å². The van der Waals surface area contributed by atoms with E-state index in [0.29, 0.717) is 17.9 Å². The van der Waals surface area contributed by atoms with Crippen molar-refractivity contribution in [2.45, 2.75) is 25.5 Å². The van der Waals surface area contributed by atoms with Crippen LogP contribution in [0.15, 0.2) is 64.2 Å². The summed E-state index contributed by atoms with van der Waals surface area (Å²) in [6, 6.07) is 15.9. The Kier molecular flexibility index (Phi) is 6.60. The van der Waals surface area contributed by atoms with E-state index in [1.54, 1.807) is 24.3 Å². The van der Waals surface area contributed by atoms with Crippen molar-refractivity contribution in [2.24, 2.45) is 0 Å². The molecule has 0 saturated carbocycles. The zero-order valence-corrected chi connectivity index (χ0v) is 18.3. The molecule has 9 heteroatoms. The van der Waals surface area contributed by atoms with E-state index < -0.39 is 17.2 Å². The molecule has 33 heavy (non-hydrogen) atoms. The van der Waals surface area contributed by atoms with Gasteiger partial charge in [0.25, 0.3) is 11.5 Å². The molecule has 1 aliphatic rings. The molecule has 172 valence electrons. The summed E-state index contributed by atoms with van der Waals surface area (Å²) < 4.78 is 12.5. The monoisotopic (exact) mass is 450 g/mol. The number of nitrogen functional groups attached to an aromatic ring is 1. The van der Waals surface area contributed by atoms with Gasteiger partial charge in [0.15, 0.2) is 5.69 Å². The highest BCUT2D eigenvalue weighted by molar-refractivity contribution is 6.06. The number of hydrogen-bond acceptors (Lipinski definition) is 6. The second-order valence-corrected chi connectivity index (χ2v) is 7.90. The average molecular weight is 450 g/mol. The van der Waals surface area contributed by atoms with E-state index in [1.165, 1.54) is 11.6 Å². The number of rotatable bonds is 7. The maximum Gasteiger partial charge on any atom is 0.330 e. The Morgan fingerprint density at radius 2 is 1.91 bits per heavy atom. The van der Waals surface area contributed by atoms with E-state index in [1.807, 2.05) is 30.3 Å². The fourth-order valence-corrected chi connectivity index (χ4v) is 3.78. The highest BCUT2D eigenvalue weighted by Gasteiger charge is 2.22. The zero-order valence-electron chi connectivity index (χ0n) is 18.3. The number of H-pyrrole nitrogens is 1. The third-order valence-electron chi connectivity index (χ3n) is 5.60. The molecule has 3 aromatic rings. The lowest BCUT2D eigenvalue weighted by Crippen LogP contribution is -2.39. The summed E-state index contributed by atoms with van der Waals surface area (Å²) in [6.45, 7) is 1.38. The molecular formula is C24H26N4O5. The number of ether oxygens (including phenoxy) is 2. The van der Waals surface area contributed by atoms with Crippen molar-refractivity contribution in [1.29, 1.82) is 0 Å². The Labute approximate surface area is 190 Å². The second-order valence-electron chi connectivity index (χ2n) is 7.90. The molecule has 2 heterocycles. The number of hydrogen-bond donors (Lipinski definition) is 2. The van der Waals surface area contributed by atoms with Crippen LogP contribution in [0, 0.1) is 0 Å². The predicted octanol–water partition coefficient (Wildman–Crippen LogP) is 2.00. The van der Waals surface area contributed by atoms with Gasteiger partial charge in [0, 0.05) is 19.2 Å². The molecular weight excluding hydrogens is 424 g/mol. The third kappa shape index (κ3) is 4.98. The van der Waals surface area contributed by atoms with Crippen LogP contribution in [0.4, 0.5) is 11.5 Å². The largest absolute Gasteiger partial charge is 0.491 e. The lowest BCUT2D eigenvalue weighted by molar-refractivity contribution is 0.0679. The number of carbonyl (C=O) groups excluding carboxylic acids is 1. The predicted molar refractivity (Wildman–Crippen MR) is 125 cm³/mol. The zero-order chi connectivity index (χ0) is 23.4.